The average Bonchev–Trinajstić information content (AvgIpc) is 2.84. The summed E-state index contributed by atoms with van der Waals surface area (Å²) in [6, 6.07) is 20.0. The summed E-state index contributed by atoms with van der Waals surface area (Å²) in [5, 5.41) is 24.7. The Morgan fingerprint density at radius 3 is 2.51 bits per heavy atom. The smallest absolute Gasteiger partial charge is 0.412 e. The minimum absolute atomic E-state index is 0.0638. The number of carbonyl (C=O) groups excluding carboxylic acids is 2. The number of anilines is 3. The number of nitrogens with one attached hydrogen (secondary N) is 2. The van der Waals surface area contributed by atoms with Gasteiger partial charge in [-0.2, -0.15) is 5.26 Å². The Morgan fingerprint density at radius 2 is 1.83 bits per heavy atom. The lowest BCUT2D eigenvalue weighted by atomic mass is 9.96. The number of aromatic hydroxyl groups is 1. The molecule has 0 saturated heterocycles. The van der Waals surface area contributed by atoms with Crippen molar-refractivity contribution in [3.63, 3.8) is 0 Å². The van der Waals surface area contributed by atoms with E-state index in [1.54, 1.807) is 73.7 Å². The van der Waals surface area contributed by atoms with E-state index in [-0.39, 0.29) is 5.75 Å². The number of rotatable bonds is 7. The Labute approximate surface area is 211 Å². The zero-order valence-corrected chi connectivity index (χ0v) is 20.3. The monoisotopic (exact) mass is 534 g/mol. The molecule has 2 amide bonds. The summed E-state index contributed by atoms with van der Waals surface area (Å²) in [6.07, 6.45) is 1.22. The molecule has 0 aliphatic rings. The molecule has 0 fully saturated rings. The number of nitrogens with zero attached hydrogens (tertiary/aromatic N) is 1. The minimum Gasteiger partial charge on any atom is -0.508 e. The minimum atomic E-state index is -0.920. The van der Waals surface area contributed by atoms with Crippen molar-refractivity contribution in [1.82, 2.24) is 0 Å². The van der Waals surface area contributed by atoms with Gasteiger partial charge in [0.1, 0.15) is 11.9 Å². The van der Waals surface area contributed by atoms with Crippen LogP contribution in [0.5, 0.6) is 5.75 Å². The van der Waals surface area contributed by atoms with Gasteiger partial charge in [0.25, 0.3) is 0 Å². The number of hydrogen-bond acceptors (Lipinski definition) is 6. The van der Waals surface area contributed by atoms with Crippen molar-refractivity contribution in [2.24, 2.45) is 5.92 Å². The summed E-state index contributed by atoms with van der Waals surface area (Å²) in [6.45, 7) is 1.75. The quantitative estimate of drug-likeness (QED) is 0.225. The van der Waals surface area contributed by atoms with E-state index in [0.717, 1.165) is 0 Å². The molecule has 0 bridgehead atoms. The molecule has 0 aliphatic carbocycles. The fourth-order valence-electron chi connectivity index (χ4n) is 3.22. The summed E-state index contributed by atoms with van der Waals surface area (Å²) in [7, 11) is 0. The molecule has 0 aromatic heterocycles. The highest BCUT2D eigenvalue weighted by Gasteiger charge is 2.25. The molecule has 0 saturated carbocycles. The second-order valence-corrected chi connectivity index (χ2v) is 8.55. The van der Waals surface area contributed by atoms with E-state index >= 15 is 0 Å². The number of nitrogens with two attached hydrogens (primary N) is 1. The molecule has 0 aliphatic heterocycles. The van der Waals surface area contributed by atoms with Gasteiger partial charge in [-0.1, -0.05) is 41.1 Å². The fourth-order valence-corrected chi connectivity index (χ4v) is 3.60. The van der Waals surface area contributed by atoms with E-state index in [2.05, 4.69) is 26.6 Å². The third kappa shape index (κ3) is 7.09. The number of halogens is 1. The van der Waals surface area contributed by atoms with Gasteiger partial charge in [0.15, 0.2) is 0 Å². The van der Waals surface area contributed by atoms with Crippen LogP contribution in [0.3, 0.4) is 0 Å². The number of nitrogen functional groups attached to an aromatic ring is 1. The first-order valence-corrected chi connectivity index (χ1v) is 11.4. The zero-order chi connectivity index (χ0) is 25.4. The number of amides is 2. The molecule has 35 heavy (non-hydrogen) atoms. The lowest BCUT2D eigenvalue weighted by Gasteiger charge is -2.23. The summed E-state index contributed by atoms with van der Waals surface area (Å²) in [5.41, 5.74) is 8.03. The lowest BCUT2D eigenvalue weighted by Crippen LogP contribution is -2.21. The van der Waals surface area contributed by atoms with Gasteiger partial charge in [0.05, 0.1) is 23.0 Å². The van der Waals surface area contributed by atoms with Gasteiger partial charge >= 0.3 is 6.09 Å². The molecule has 8 nitrogen and oxygen atoms in total. The molecule has 3 aromatic carbocycles. The van der Waals surface area contributed by atoms with Crippen LogP contribution in [0, 0.1) is 17.2 Å². The number of nitriles is 1. The maximum Gasteiger partial charge on any atom is 0.412 e. The molecule has 0 unspecified atom stereocenters. The standard InChI is InChI=1S/C26H23BrN4O4/c1-16(6-13-24(33)31-22-5-3-2-4-21(22)29)25(20-14-18(27)9-12-23(20)32)35-26(34)30-19-10-7-17(15-28)8-11-19/h2-14,16,25,32H,29H2,1H3,(H,30,34)(H,31,33)/b13-6+/t16-,25+/m0/s1. The highest BCUT2D eigenvalue weighted by atomic mass is 79.9. The Balaban J connectivity index is 1.78. The van der Waals surface area contributed by atoms with Gasteiger partial charge < -0.3 is 20.9 Å². The van der Waals surface area contributed by atoms with Crippen LogP contribution in [0.4, 0.5) is 21.9 Å². The zero-order valence-electron chi connectivity index (χ0n) is 18.7. The van der Waals surface area contributed by atoms with Crippen molar-refractivity contribution >= 4 is 45.0 Å². The topological polar surface area (TPSA) is 137 Å². The number of hydrogen-bond donors (Lipinski definition) is 4. The van der Waals surface area contributed by atoms with Crippen molar-refractivity contribution in [2.75, 3.05) is 16.4 Å². The molecule has 0 radical (unpaired) electrons. The van der Waals surface area contributed by atoms with E-state index in [1.165, 1.54) is 12.1 Å². The molecule has 0 heterocycles. The van der Waals surface area contributed by atoms with Crippen molar-refractivity contribution < 1.29 is 19.4 Å². The van der Waals surface area contributed by atoms with E-state index in [0.29, 0.717) is 32.7 Å². The molecule has 3 rings (SSSR count). The Morgan fingerprint density at radius 1 is 1.11 bits per heavy atom. The Bertz CT molecular complexity index is 1290. The van der Waals surface area contributed by atoms with Gasteiger partial charge in [-0.05, 0) is 60.7 Å². The van der Waals surface area contributed by atoms with E-state index in [9.17, 15) is 14.7 Å². The van der Waals surface area contributed by atoms with Crippen LogP contribution in [0.25, 0.3) is 0 Å². The van der Waals surface area contributed by atoms with Crippen LogP contribution < -0.4 is 16.4 Å². The van der Waals surface area contributed by atoms with Gasteiger partial charge in [-0.15, -0.1) is 0 Å². The van der Waals surface area contributed by atoms with E-state index < -0.39 is 24.0 Å². The SMILES string of the molecule is C[C@@H](/C=C/C(=O)Nc1ccccc1N)[C@@H](OC(=O)Nc1ccc(C#N)cc1)c1cc(Br)ccc1O. The van der Waals surface area contributed by atoms with Crippen molar-refractivity contribution in [3.05, 3.63) is 94.5 Å². The fraction of sp³-hybridized carbons (Fsp3) is 0.115. The Kier molecular flexibility index (Phi) is 8.48. The third-order valence-electron chi connectivity index (χ3n) is 5.04. The third-order valence-corrected chi connectivity index (χ3v) is 5.53. The summed E-state index contributed by atoms with van der Waals surface area (Å²) in [4.78, 5) is 25.1. The van der Waals surface area contributed by atoms with Gasteiger partial charge in [0, 0.05) is 21.6 Å². The molecular formula is C26H23BrN4O4. The van der Waals surface area contributed by atoms with Crippen molar-refractivity contribution in [1.29, 1.82) is 5.26 Å². The second kappa shape index (κ2) is 11.7. The van der Waals surface area contributed by atoms with Crippen LogP contribution in [-0.4, -0.2) is 17.1 Å². The molecule has 9 heteroatoms. The maximum atomic E-state index is 12.7. The number of carbonyl (C=O) groups is 2. The van der Waals surface area contributed by atoms with Gasteiger partial charge in [0.2, 0.25) is 5.91 Å². The first-order chi connectivity index (χ1) is 16.8. The predicted molar refractivity (Wildman–Crippen MR) is 138 cm³/mol. The van der Waals surface area contributed by atoms with Gasteiger partial charge in [-0.25, -0.2) is 4.79 Å². The normalized spacial score (nSPS) is 12.4. The van der Waals surface area contributed by atoms with Gasteiger partial charge in [-0.3, -0.25) is 10.1 Å². The van der Waals surface area contributed by atoms with Crippen molar-refractivity contribution in [3.8, 4) is 11.8 Å². The molecule has 0 spiro atoms. The molecule has 5 N–H and O–H groups in total. The number of para-hydroxylation sites is 2. The summed E-state index contributed by atoms with van der Waals surface area (Å²) < 4.78 is 6.35. The Hall–Kier alpha value is -4.29. The average molecular weight is 535 g/mol. The lowest BCUT2D eigenvalue weighted by molar-refractivity contribution is -0.111. The molecule has 178 valence electrons. The highest BCUT2D eigenvalue weighted by Crippen LogP contribution is 2.35. The van der Waals surface area contributed by atoms with E-state index in [1.807, 2.05) is 6.07 Å². The van der Waals surface area contributed by atoms with Crippen LogP contribution in [0.1, 0.15) is 24.2 Å². The van der Waals surface area contributed by atoms with Crippen molar-refractivity contribution in [2.45, 2.75) is 13.0 Å². The van der Waals surface area contributed by atoms with E-state index in [4.69, 9.17) is 15.7 Å². The highest BCUT2D eigenvalue weighted by molar-refractivity contribution is 9.10. The number of benzene rings is 3. The first kappa shape index (κ1) is 25.3. The molecule has 2 atom stereocenters. The maximum absolute atomic E-state index is 12.7. The number of phenolic OH excluding ortho intramolecular Hbond substituents is 1. The number of ether oxygens (including phenoxy) is 1. The number of phenols is 1. The second-order valence-electron chi connectivity index (χ2n) is 7.64. The van der Waals surface area contributed by atoms with Crippen LogP contribution >= 0.6 is 15.9 Å². The largest absolute Gasteiger partial charge is 0.508 e. The first-order valence-electron chi connectivity index (χ1n) is 10.6. The molecule has 3 aromatic rings. The van der Waals surface area contributed by atoms with Crippen LogP contribution in [-0.2, 0) is 9.53 Å². The van der Waals surface area contributed by atoms with Crippen LogP contribution in [0.15, 0.2) is 83.4 Å². The van der Waals surface area contributed by atoms with Crippen LogP contribution in [0.2, 0.25) is 0 Å². The summed E-state index contributed by atoms with van der Waals surface area (Å²) >= 11 is 3.37. The predicted octanol–water partition coefficient (Wildman–Crippen LogP) is 5.73. The summed E-state index contributed by atoms with van der Waals surface area (Å²) in [5.74, 6) is -0.971. The molecular weight excluding hydrogens is 512 g/mol.